The summed E-state index contributed by atoms with van der Waals surface area (Å²) in [7, 11) is 0. The highest BCUT2D eigenvalue weighted by Gasteiger charge is 2.03. The van der Waals surface area contributed by atoms with Gasteiger partial charge in [-0.3, -0.25) is 0 Å². The molecule has 0 fully saturated rings. The van der Waals surface area contributed by atoms with E-state index in [2.05, 4.69) is 49.4 Å². The molecule has 1 aromatic carbocycles. The van der Waals surface area contributed by atoms with Crippen LogP contribution in [0.3, 0.4) is 0 Å². The van der Waals surface area contributed by atoms with Gasteiger partial charge in [-0.2, -0.15) is 0 Å². The molecule has 0 radical (unpaired) electrons. The average molecular weight is 170 g/mol. The lowest BCUT2D eigenvalue weighted by atomic mass is 9.95. The van der Waals surface area contributed by atoms with Crippen molar-refractivity contribution in [3.8, 4) is 0 Å². The number of rotatable bonds is 1. The Hall–Kier alpha value is -1.30. The largest absolute Gasteiger partial charge is 0.0844 e. The van der Waals surface area contributed by atoms with E-state index in [-0.39, 0.29) is 0 Å². The third-order valence-electron chi connectivity index (χ3n) is 2.50. The van der Waals surface area contributed by atoms with E-state index in [0.29, 0.717) is 0 Å². The molecule has 0 heteroatoms. The summed E-state index contributed by atoms with van der Waals surface area (Å²) in [5, 5.41) is 0. The van der Waals surface area contributed by atoms with Gasteiger partial charge in [-0.15, -0.1) is 0 Å². The van der Waals surface area contributed by atoms with Crippen LogP contribution in [0.25, 0.3) is 5.57 Å². The second kappa shape index (κ2) is 3.61. The summed E-state index contributed by atoms with van der Waals surface area (Å²) >= 11 is 0. The first-order valence-corrected chi connectivity index (χ1v) is 4.78. The van der Waals surface area contributed by atoms with Crippen molar-refractivity contribution < 1.29 is 0 Å². The van der Waals surface area contributed by atoms with Crippen molar-refractivity contribution in [1.29, 1.82) is 0 Å². The second-order valence-corrected chi connectivity index (χ2v) is 3.46. The van der Waals surface area contributed by atoms with Gasteiger partial charge in [0.1, 0.15) is 0 Å². The Morgan fingerprint density at radius 2 is 1.92 bits per heavy atom. The fraction of sp³-hybridized carbons (Fsp3) is 0.231. The first kappa shape index (κ1) is 8.31. The van der Waals surface area contributed by atoms with Crippen molar-refractivity contribution in [3.63, 3.8) is 0 Å². The summed E-state index contributed by atoms with van der Waals surface area (Å²) in [4.78, 5) is 0. The van der Waals surface area contributed by atoms with Crippen molar-refractivity contribution in [2.75, 3.05) is 0 Å². The highest BCUT2D eigenvalue weighted by molar-refractivity contribution is 5.70. The predicted octanol–water partition coefficient (Wildman–Crippen LogP) is 3.73. The van der Waals surface area contributed by atoms with E-state index in [1.165, 1.54) is 16.7 Å². The minimum Gasteiger partial charge on any atom is -0.0844 e. The summed E-state index contributed by atoms with van der Waals surface area (Å²) in [6, 6.07) is 8.59. The van der Waals surface area contributed by atoms with Crippen LogP contribution in [-0.4, -0.2) is 0 Å². The van der Waals surface area contributed by atoms with Gasteiger partial charge in [0.05, 0.1) is 0 Å². The Kier molecular flexibility index (Phi) is 2.31. The Labute approximate surface area is 79.6 Å². The maximum absolute atomic E-state index is 2.32. The Bertz CT molecular complexity index is 356. The van der Waals surface area contributed by atoms with Gasteiger partial charge < -0.3 is 0 Å². The molecule has 0 atom stereocenters. The van der Waals surface area contributed by atoms with Gasteiger partial charge in [-0.1, -0.05) is 42.5 Å². The van der Waals surface area contributed by atoms with E-state index in [4.69, 9.17) is 0 Å². The third-order valence-corrected chi connectivity index (χ3v) is 2.50. The Balaban J connectivity index is 2.35. The molecule has 0 N–H and O–H groups in total. The lowest BCUT2D eigenvalue weighted by Gasteiger charge is -2.11. The maximum Gasteiger partial charge on any atom is -0.00944 e. The van der Waals surface area contributed by atoms with E-state index in [1.807, 2.05) is 0 Å². The molecule has 0 aliphatic heterocycles. The minimum absolute atomic E-state index is 1.09. The van der Waals surface area contributed by atoms with E-state index < -0.39 is 0 Å². The second-order valence-electron chi connectivity index (χ2n) is 3.46. The molecule has 0 bridgehead atoms. The first-order chi connectivity index (χ1) is 6.38. The molecule has 0 unspecified atom stereocenters. The molecule has 0 nitrogen and oxygen atoms in total. The molecular weight excluding hydrogens is 156 g/mol. The normalized spacial score (nSPS) is 15.6. The third kappa shape index (κ3) is 1.72. The molecule has 13 heavy (non-hydrogen) atoms. The topological polar surface area (TPSA) is 0 Å². The molecule has 0 saturated carbocycles. The van der Waals surface area contributed by atoms with Crippen LogP contribution in [0.1, 0.15) is 24.0 Å². The van der Waals surface area contributed by atoms with E-state index in [9.17, 15) is 0 Å². The predicted molar refractivity (Wildman–Crippen MR) is 57.5 cm³/mol. The standard InChI is InChI=1S/C13H14/c1-11-7-5-6-10-13(11)12-8-3-2-4-9-12/h2-3,5-7,9-10H,4,8H2,1H3. The van der Waals surface area contributed by atoms with E-state index >= 15 is 0 Å². The van der Waals surface area contributed by atoms with E-state index in [1.54, 1.807) is 0 Å². The van der Waals surface area contributed by atoms with Crippen molar-refractivity contribution in [2.45, 2.75) is 19.8 Å². The first-order valence-electron chi connectivity index (χ1n) is 4.78. The summed E-state index contributed by atoms with van der Waals surface area (Å²) in [6.45, 7) is 2.18. The van der Waals surface area contributed by atoms with Crippen LogP contribution in [0.2, 0.25) is 0 Å². The molecule has 0 amide bonds. The van der Waals surface area contributed by atoms with Gasteiger partial charge in [0.15, 0.2) is 0 Å². The van der Waals surface area contributed by atoms with Crippen molar-refractivity contribution >= 4 is 5.57 Å². The molecule has 2 rings (SSSR count). The molecular formula is C13H14. The summed E-state index contributed by atoms with van der Waals surface area (Å²) in [5.74, 6) is 0. The van der Waals surface area contributed by atoms with Gasteiger partial charge in [-0.25, -0.2) is 0 Å². The lowest BCUT2D eigenvalue weighted by Crippen LogP contribution is -1.90. The molecule has 1 aromatic rings. The van der Waals surface area contributed by atoms with Crippen molar-refractivity contribution in [2.24, 2.45) is 0 Å². The smallest absolute Gasteiger partial charge is 0.00944 e. The fourth-order valence-corrected chi connectivity index (χ4v) is 1.75. The molecule has 66 valence electrons. The quantitative estimate of drug-likeness (QED) is 0.563. The zero-order chi connectivity index (χ0) is 9.10. The Morgan fingerprint density at radius 1 is 1.08 bits per heavy atom. The number of aryl methyl sites for hydroxylation is 1. The highest BCUT2D eigenvalue weighted by atomic mass is 14.1. The highest BCUT2D eigenvalue weighted by Crippen LogP contribution is 2.25. The van der Waals surface area contributed by atoms with Crippen molar-refractivity contribution in [3.05, 3.63) is 53.6 Å². The summed E-state index contributed by atoms with van der Waals surface area (Å²) < 4.78 is 0. The minimum atomic E-state index is 1.09. The number of hydrogen-bond donors (Lipinski definition) is 0. The summed E-state index contributed by atoms with van der Waals surface area (Å²) in [5.41, 5.74) is 4.26. The number of benzene rings is 1. The fourth-order valence-electron chi connectivity index (χ4n) is 1.75. The van der Waals surface area contributed by atoms with Crippen LogP contribution in [0.5, 0.6) is 0 Å². The molecule has 1 aliphatic rings. The van der Waals surface area contributed by atoms with Crippen LogP contribution in [0.15, 0.2) is 42.5 Å². The van der Waals surface area contributed by atoms with Crippen LogP contribution in [-0.2, 0) is 0 Å². The van der Waals surface area contributed by atoms with Gasteiger partial charge in [0.2, 0.25) is 0 Å². The molecule has 0 saturated heterocycles. The Morgan fingerprint density at radius 3 is 2.62 bits per heavy atom. The van der Waals surface area contributed by atoms with Gasteiger partial charge in [0, 0.05) is 0 Å². The van der Waals surface area contributed by atoms with Crippen LogP contribution in [0.4, 0.5) is 0 Å². The lowest BCUT2D eigenvalue weighted by molar-refractivity contribution is 1.23. The van der Waals surface area contributed by atoms with Crippen LogP contribution in [0, 0.1) is 6.92 Å². The zero-order valence-electron chi connectivity index (χ0n) is 7.96. The van der Waals surface area contributed by atoms with Crippen molar-refractivity contribution in [1.82, 2.24) is 0 Å². The van der Waals surface area contributed by atoms with Crippen LogP contribution >= 0.6 is 0 Å². The summed E-state index contributed by atoms with van der Waals surface area (Å²) in [6.07, 6.45) is 8.97. The van der Waals surface area contributed by atoms with Gasteiger partial charge in [-0.05, 0) is 36.5 Å². The molecule has 0 spiro atoms. The zero-order valence-corrected chi connectivity index (χ0v) is 7.96. The van der Waals surface area contributed by atoms with Gasteiger partial charge in [0.25, 0.3) is 0 Å². The monoisotopic (exact) mass is 170 g/mol. The molecule has 0 heterocycles. The molecule has 1 aliphatic carbocycles. The maximum atomic E-state index is 2.32. The number of hydrogen-bond acceptors (Lipinski definition) is 0. The number of allylic oxidation sites excluding steroid dienone is 4. The molecule has 0 aromatic heterocycles. The van der Waals surface area contributed by atoms with E-state index in [0.717, 1.165) is 12.8 Å². The van der Waals surface area contributed by atoms with Gasteiger partial charge >= 0.3 is 0 Å². The van der Waals surface area contributed by atoms with Crippen LogP contribution < -0.4 is 0 Å². The SMILES string of the molecule is Cc1ccccc1C1=CCC=CC1. The average Bonchev–Trinajstić information content (AvgIpc) is 2.20.